The first-order chi connectivity index (χ1) is 11.8. The van der Waals surface area contributed by atoms with Crippen molar-refractivity contribution in [2.75, 3.05) is 6.54 Å². The number of carbonyl (C=O) groups is 2. The van der Waals surface area contributed by atoms with E-state index in [1.165, 1.54) is 0 Å². The van der Waals surface area contributed by atoms with Crippen molar-refractivity contribution < 1.29 is 14.7 Å². The van der Waals surface area contributed by atoms with Gasteiger partial charge >= 0.3 is 0 Å². The molecule has 2 aromatic rings. The quantitative estimate of drug-likeness (QED) is 0.761. The van der Waals surface area contributed by atoms with Gasteiger partial charge in [-0.05, 0) is 42.3 Å². The molecule has 1 saturated heterocycles. The Kier molecular flexibility index (Phi) is 5.00. The number of benzene rings is 2. The van der Waals surface area contributed by atoms with Crippen LogP contribution in [0.1, 0.15) is 30.6 Å². The van der Waals surface area contributed by atoms with E-state index in [-0.39, 0.29) is 24.8 Å². The van der Waals surface area contributed by atoms with Crippen LogP contribution < -0.4 is 0 Å². The average molecular weight is 423 g/mol. The van der Waals surface area contributed by atoms with Gasteiger partial charge in [0.2, 0.25) is 11.8 Å². The number of hydrogen-bond donors (Lipinski definition) is 1. The number of β-amino-alcohol motifs (C(OH)–C–C–N with tert-alkyl or cyclic N) is 1. The fourth-order valence-corrected chi connectivity index (χ4v) is 3.47. The first kappa shape index (κ1) is 18.1. The Hall–Kier alpha value is -1.69. The molecule has 0 bridgehead atoms. The number of aliphatic hydroxyl groups excluding tert-OH is 1. The summed E-state index contributed by atoms with van der Waals surface area (Å²) in [6.07, 6.45) is -0.849. The van der Waals surface area contributed by atoms with E-state index in [1.54, 1.807) is 31.2 Å². The SMILES string of the molecule is CC1(c2ccc(Br)cc2)CC(=O)N(CC(O)c2ccc(Cl)cc2)C1=O. The highest BCUT2D eigenvalue weighted by atomic mass is 79.9. The minimum Gasteiger partial charge on any atom is -0.387 e. The molecule has 4 nitrogen and oxygen atoms in total. The van der Waals surface area contributed by atoms with Gasteiger partial charge in [0.15, 0.2) is 0 Å². The van der Waals surface area contributed by atoms with Crippen molar-refractivity contribution in [2.24, 2.45) is 0 Å². The lowest BCUT2D eigenvalue weighted by molar-refractivity contribution is -0.141. The Morgan fingerprint density at radius 3 is 2.36 bits per heavy atom. The van der Waals surface area contributed by atoms with Gasteiger partial charge in [0.1, 0.15) is 0 Å². The third kappa shape index (κ3) is 3.50. The smallest absolute Gasteiger partial charge is 0.240 e. The van der Waals surface area contributed by atoms with Crippen molar-refractivity contribution >= 4 is 39.3 Å². The van der Waals surface area contributed by atoms with E-state index in [1.807, 2.05) is 24.3 Å². The average Bonchev–Trinajstić information content (AvgIpc) is 2.80. The predicted octanol–water partition coefficient (Wildman–Crippen LogP) is 3.85. The van der Waals surface area contributed by atoms with E-state index in [0.717, 1.165) is 14.9 Å². The van der Waals surface area contributed by atoms with Crippen LogP contribution in [0.2, 0.25) is 5.02 Å². The van der Waals surface area contributed by atoms with Crippen LogP contribution in [0.4, 0.5) is 0 Å². The predicted molar refractivity (Wildman–Crippen MR) is 99.2 cm³/mol. The largest absolute Gasteiger partial charge is 0.387 e. The number of nitrogens with zero attached hydrogens (tertiary/aromatic N) is 1. The summed E-state index contributed by atoms with van der Waals surface area (Å²) >= 11 is 9.22. The van der Waals surface area contributed by atoms with Gasteiger partial charge in [0, 0.05) is 15.9 Å². The fraction of sp³-hybridized carbons (Fsp3) is 0.263. The summed E-state index contributed by atoms with van der Waals surface area (Å²) in [5.41, 5.74) is 0.497. The Morgan fingerprint density at radius 2 is 1.76 bits per heavy atom. The maximum Gasteiger partial charge on any atom is 0.240 e. The third-order valence-electron chi connectivity index (χ3n) is 4.61. The van der Waals surface area contributed by atoms with Crippen molar-refractivity contribution in [3.63, 3.8) is 0 Å². The molecule has 0 spiro atoms. The summed E-state index contributed by atoms with van der Waals surface area (Å²) in [6.45, 7) is 1.70. The minimum absolute atomic E-state index is 0.0641. The molecule has 2 atom stereocenters. The first-order valence-electron chi connectivity index (χ1n) is 7.85. The molecule has 0 saturated carbocycles. The minimum atomic E-state index is -0.947. The van der Waals surface area contributed by atoms with Gasteiger partial charge in [0.25, 0.3) is 0 Å². The van der Waals surface area contributed by atoms with Crippen molar-refractivity contribution in [2.45, 2.75) is 24.9 Å². The van der Waals surface area contributed by atoms with Crippen molar-refractivity contribution in [3.8, 4) is 0 Å². The van der Waals surface area contributed by atoms with Gasteiger partial charge in [-0.3, -0.25) is 14.5 Å². The van der Waals surface area contributed by atoms with Gasteiger partial charge in [-0.15, -0.1) is 0 Å². The Labute approximate surface area is 159 Å². The van der Waals surface area contributed by atoms with Crippen LogP contribution in [0.25, 0.3) is 0 Å². The number of carbonyl (C=O) groups excluding carboxylic acids is 2. The zero-order valence-corrected chi connectivity index (χ0v) is 15.9. The second-order valence-corrected chi connectivity index (χ2v) is 7.74. The van der Waals surface area contributed by atoms with Crippen LogP contribution in [-0.2, 0) is 15.0 Å². The maximum atomic E-state index is 12.9. The van der Waals surface area contributed by atoms with Crippen LogP contribution in [0.3, 0.4) is 0 Å². The van der Waals surface area contributed by atoms with E-state index in [4.69, 9.17) is 11.6 Å². The lowest BCUT2D eigenvalue weighted by atomic mass is 9.81. The number of hydrogen-bond acceptors (Lipinski definition) is 3. The molecule has 25 heavy (non-hydrogen) atoms. The molecule has 1 aliphatic rings. The number of likely N-dealkylation sites (tertiary alicyclic amines) is 1. The summed E-state index contributed by atoms with van der Waals surface area (Å²) in [5, 5.41) is 11.0. The van der Waals surface area contributed by atoms with Gasteiger partial charge in [-0.2, -0.15) is 0 Å². The standard InChI is InChI=1S/C19H17BrClNO3/c1-19(13-4-6-14(20)7-5-13)10-17(24)22(18(19)25)11-16(23)12-2-8-15(21)9-3-12/h2-9,16,23H,10-11H2,1H3. The molecule has 2 aromatic carbocycles. The molecule has 2 amide bonds. The maximum absolute atomic E-state index is 12.9. The van der Waals surface area contributed by atoms with Crippen molar-refractivity contribution in [1.82, 2.24) is 4.90 Å². The molecule has 0 radical (unpaired) electrons. The molecule has 1 heterocycles. The first-order valence-corrected chi connectivity index (χ1v) is 9.03. The number of halogens is 2. The van der Waals surface area contributed by atoms with E-state index >= 15 is 0 Å². The zero-order valence-electron chi connectivity index (χ0n) is 13.6. The second-order valence-electron chi connectivity index (χ2n) is 6.39. The number of aliphatic hydroxyl groups is 1. The highest BCUT2D eigenvalue weighted by Gasteiger charge is 2.49. The molecule has 0 aliphatic carbocycles. The van der Waals surface area contributed by atoms with E-state index in [2.05, 4.69) is 15.9 Å². The zero-order chi connectivity index (χ0) is 18.2. The van der Waals surface area contributed by atoms with Crippen LogP contribution in [-0.4, -0.2) is 28.4 Å². The lowest BCUT2D eigenvalue weighted by Crippen LogP contribution is -2.38. The van der Waals surface area contributed by atoms with Crippen molar-refractivity contribution in [3.05, 3.63) is 69.2 Å². The van der Waals surface area contributed by atoms with Gasteiger partial charge < -0.3 is 5.11 Å². The molecule has 1 fully saturated rings. The topological polar surface area (TPSA) is 57.6 Å². The molecule has 0 aromatic heterocycles. The van der Waals surface area contributed by atoms with Gasteiger partial charge in [-0.25, -0.2) is 0 Å². The molecule has 2 unspecified atom stereocenters. The molecule has 1 aliphatic heterocycles. The summed E-state index contributed by atoms with van der Waals surface area (Å²) in [7, 11) is 0. The van der Waals surface area contributed by atoms with Crippen LogP contribution >= 0.6 is 27.5 Å². The molecule has 1 N–H and O–H groups in total. The number of rotatable bonds is 4. The van der Waals surface area contributed by atoms with E-state index in [0.29, 0.717) is 10.6 Å². The Balaban J connectivity index is 1.81. The summed E-state index contributed by atoms with van der Waals surface area (Å²) < 4.78 is 0.909. The molecule has 130 valence electrons. The fourth-order valence-electron chi connectivity index (χ4n) is 3.08. The molecule has 6 heteroatoms. The lowest BCUT2D eigenvalue weighted by Gasteiger charge is -2.24. The monoisotopic (exact) mass is 421 g/mol. The number of amides is 2. The summed E-state index contributed by atoms with van der Waals surface area (Å²) in [4.78, 5) is 26.5. The van der Waals surface area contributed by atoms with Gasteiger partial charge in [0.05, 0.1) is 18.1 Å². The molecular weight excluding hydrogens is 406 g/mol. The van der Waals surface area contributed by atoms with Gasteiger partial charge in [-0.1, -0.05) is 51.8 Å². The highest BCUT2D eigenvalue weighted by Crippen LogP contribution is 2.37. The number of imide groups is 1. The van der Waals surface area contributed by atoms with Crippen LogP contribution in [0.15, 0.2) is 53.0 Å². The van der Waals surface area contributed by atoms with E-state index in [9.17, 15) is 14.7 Å². The molecule has 3 rings (SSSR count). The summed E-state index contributed by atoms with van der Waals surface area (Å²) in [5.74, 6) is -0.559. The van der Waals surface area contributed by atoms with Crippen molar-refractivity contribution in [1.29, 1.82) is 0 Å². The van der Waals surface area contributed by atoms with Crippen LogP contribution in [0, 0.1) is 0 Å². The second kappa shape index (κ2) is 6.90. The molecular formula is C19H17BrClNO3. The third-order valence-corrected chi connectivity index (χ3v) is 5.40. The van der Waals surface area contributed by atoms with E-state index < -0.39 is 11.5 Å². The highest BCUT2D eigenvalue weighted by molar-refractivity contribution is 9.10. The Bertz CT molecular complexity index is 806. The summed E-state index contributed by atoms with van der Waals surface area (Å²) in [6, 6.07) is 14.1. The normalized spacial score (nSPS) is 21.7. The Morgan fingerprint density at radius 1 is 1.16 bits per heavy atom. The van der Waals surface area contributed by atoms with Crippen LogP contribution in [0.5, 0.6) is 0 Å².